The lowest BCUT2D eigenvalue weighted by molar-refractivity contribution is 0.626. The van der Waals surface area contributed by atoms with Gasteiger partial charge in [0.05, 0.1) is 5.69 Å². The summed E-state index contributed by atoms with van der Waals surface area (Å²) in [5, 5.41) is 9.31. The van der Waals surface area contributed by atoms with Gasteiger partial charge in [-0.2, -0.15) is 0 Å². The molecular formula is C19H14ClFN4OS. The summed E-state index contributed by atoms with van der Waals surface area (Å²) in [6, 6.07) is 11.8. The second-order valence-corrected chi connectivity index (χ2v) is 7.30. The van der Waals surface area contributed by atoms with Crippen LogP contribution in [-0.2, 0) is 5.75 Å². The number of hydrogen-bond acceptors (Lipinski definition) is 4. The number of halogens is 2. The Morgan fingerprint density at radius 1 is 1.15 bits per heavy atom. The molecule has 2 aromatic carbocycles. The molecule has 0 aliphatic heterocycles. The average Bonchev–Trinajstić information content (AvgIpc) is 3.07. The molecule has 0 unspecified atom stereocenters. The molecule has 2 aromatic heterocycles. The summed E-state index contributed by atoms with van der Waals surface area (Å²) in [5.74, 6) is 0.244. The van der Waals surface area contributed by atoms with Gasteiger partial charge >= 0.3 is 5.56 Å². The largest absolute Gasteiger partial charge is 0.300 e. The summed E-state index contributed by atoms with van der Waals surface area (Å²) in [4.78, 5) is 12.9. The quantitative estimate of drug-likeness (QED) is 0.480. The summed E-state index contributed by atoms with van der Waals surface area (Å²) in [5.41, 5.74) is 2.28. The van der Waals surface area contributed by atoms with E-state index in [-0.39, 0.29) is 17.0 Å². The third kappa shape index (κ3) is 3.36. The minimum absolute atomic E-state index is 0.221. The van der Waals surface area contributed by atoms with Gasteiger partial charge in [0.2, 0.25) is 5.65 Å². The third-order valence-corrected chi connectivity index (χ3v) is 5.62. The third-order valence-electron chi connectivity index (χ3n) is 4.20. The molecule has 4 aromatic rings. The van der Waals surface area contributed by atoms with Crippen molar-refractivity contribution in [2.75, 3.05) is 0 Å². The lowest BCUT2D eigenvalue weighted by Gasteiger charge is -2.10. The lowest BCUT2D eigenvalue weighted by atomic mass is 10.2. The molecule has 0 aliphatic carbocycles. The van der Waals surface area contributed by atoms with Crippen LogP contribution in [0.2, 0.25) is 5.02 Å². The minimum atomic E-state index is -0.284. The summed E-state index contributed by atoms with van der Waals surface area (Å²) >= 11 is 7.56. The monoisotopic (exact) mass is 400 g/mol. The molecule has 0 bridgehead atoms. The topological polar surface area (TPSA) is 52.2 Å². The van der Waals surface area contributed by atoms with Crippen LogP contribution in [0.4, 0.5) is 4.39 Å². The van der Waals surface area contributed by atoms with Gasteiger partial charge in [-0.25, -0.2) is 4.39 Å². The Labute approximate surface area is 163 Å². The van der Waals surface area contributed by atoms with Crippen LogP contribution < -0.4 is 5.56 Å². The summed E-state index contributed by atoms with van der Waals surface area (Å²) in [6.45, 7) is 1.86. The highest BCUT2D eigenvalue weighted by Crippen LogP contribution is 2.23. The van der Waals surface area contributed by atoms with Crippen molar-refractivity contribution in [3.05, 3.63) is 87.2 Å². The van der Waals surface area contributed by atoms with Crippen LogP contribution in [0, 0.1) is 12.7 Å². The van der Waals surface area contributed by atoms with Crippen LogP contribution in [0.15, 0.2) is 64.8 Å². The molecule has 0 spiro atoms. The predicted octanol–water partition coefficient (Wildman–Crippen LogP) is 4.27. The van der Waals surface area contributed by atoms with Crippen LogP contribution in [0.5, 0.6) is 0 Å². The van der Waals surface area contributed by atoms with Gasteiger partial charge in [0, 0.05) is 23.2 Å². The molecule has 27 heavy (non-hydrogen) atoms. The van der Waals surface area contributed by atoms with Crippen LogP contribution in [-0.4, -0.2) is 19.2 Å². The van der Waals surface area contributed by atoms with Crippen LogP contribution in [0.3, 0.4) is 0 Å². The molecule has 136 valence electrons. The van der Waals surface area contributed by atoms with Gasteiger partial charge in [-0.05, 0) is 42.3 Å². The molecule has 0 fully saturated rings. The fraction of sp³-hybridized carbons (Fsp3) is 0.105. The van der Waals surface area contributed by atoms with Crippen molar-refractivity contribution in [3.63, 3.8) is 0 Å². The molecule has 0 radical (unpaired) electrons. The molecule has 0 aliphatic rings. The second-order valence-electron chi connectivity index (χ2n) is 5.95. The Kier molecular flexibility index (Phi) is 4.72. The Hall–Kier alpha value is -2.64. The maximum Gasteiger partial charge on any atom is 0.300 e. The zero-order valence-electron chi connectivity index (χ0n) is 14.3. The zero-order chi connectivity index (χ0) is 19.0. The first kappa shape index (κ1) is 17.8. The van der Waals surface area contributed by atoms with E-state index in [1.165, 1.54) is 28.5 Å². The predicted molar refractivity (Wildman–Crippen MR) is 104 cm³/mol. The van der Waals surface area contributed by atoms with E-state index in [0.29, 0.717) is 21.6 Å². The number of fused-ring (bicyclic) bond motifs is 1. The standard InChI is InChI=1S/C19H14ClFN4OS/c1-12-15(20)6-3-7-16(12)24-8-9-25-17(18(24)26)22-23-19(25)27-11-13-4-2-5-14(21)10-13/h2-10H,11H2,1H3. The normalized spacial score (nSPS) is 11.2. The van der Waals surface area contributed by atoms with Gasteiger partial charge in [0.1, 0.15) is 5.82 Å². The van der Waals surface area contributed by atoms with Crippen LogP contribution in [0.25, 0.3) is 11.3 Å². The summed E-state index contributed by atoms with van der Waals surface area (Å²) < 4.78 is 16.5. The highest BCUT2D eigenvalue weighted by Gasteiger charge is 2.14. The van der Waals surface area contributed by atoms with E-state index >= 15 is 0 Å². The zero-order valence-corrected chi connectivity index (χ0v) is 15.8. The first-order chi connectivity index (χ1) is 13.0. The van der Waals surface area contributed by atoms with E-state index in [4.69, 9.17) is 11.6 Å². The SMILES string of the molecule is Cc1c(Cl)cccc1-n1ccn2c(SCc3cccc(F)c3)nnc2c1=O. The van der Waals surface area contributed by atoms with E-state index in [1.807, 2.05) is 19.1 Å². The summed E-state index contributed by atoms with van der Waals surface area (Å²) in [7, 11) is 0. The number of aromatic nitrogens is 4. The van der Waals surface area contributed by atoms with Crippen molar-refractivity contribution in [2.45, 2.75) is 17.8 Å². The highest BCUT2D eigenvalue weighted by molar-refractivity contribution is 7.98. The maximum absolute atomic E-state index is 13.3. The van der Waals surface area contributed by atoms with Gasteiger partial charge in [-0.15, -0.1) is 10.2 Å². The smallest absolute Gasteiger partial charge is 0.279 e. The minimum Gasteiger partial charge on any atom is -0.279 e. The van der Waals surface area contributed by atoms with E-state index in [0.717, 1.165) is 11.1 Å². The van der Waals surface area contributed by atoms with Crippen molar-refractivity contribution in [1.29, 1.82) is 0 Å². The Balaban J connectivity index is 1.70. The molecule has 0 saturated heterocycles. The van der Waals surface area contributed by atoms with Crippen LogP contribution in [0.1, 0.15) is 11.1 Å². The molecule has 8 heteroatoms. The first-order valence-corrected chi connectivity index (χ1v) is 9.50. The second kappa shape index (κ2) is 7.17. The number of hydrogen-bond donors (Lipinski definition) is 0. The van der Waals surface area contributed by atoms with E-state index in [1.54, 1.807) is 35.0 Å². The van der Waals surface area contributed by atoms with Gasteiger partial charge < -0.3 is 0 Å². The van der Waals surface area contributed by atoms with E-state index in [2.05, 4.69) is 10.2 Å². The van der Waals surface area contributed by atoms with E-state index < -0.39 is 0 Å². The molecule has 0 N–H and O–H groups in total. The maximum atomic E-state index is 13.3. The van der Waals surface area contributed by atoms with Crippen molar-refractivity contribution in [1.82, 2.24) is 19.2 Å². The summed E-state index contributed by atoms with van der Waals surface area (Å²) in [6.07, 6.45) is 3.41. The molecular weight excluding hydrogens is 387 g/mol. The first-order valence-electron chi connectivity index (χ1n) is 8.14. The molecule has 5 nitrogen and oxygen atoms in total. The van der Waals surface area contributed by atoms with Gasteiger partial charge in [-0.3, -0.25) is 13.8 Å². The Morgan fingerprint density at radius 3 is 2.78 bits per heavy atom. The van der Waals surface area contributed by atoms with Crippen LogP contribution >= 0.6 is 23.4 Å². The molecule has 0 amide bonds. The molecule has 2 heterocycles. The lowest BCUT2D eigenvalue weighted by Crippen LogP contribution is -2.21. The number of benzene rings is 2. The fourth-order valence-corrected chi connectivity index (χ4v) is 3.82. The number of rotatable bonds is 4. The van der Waals surface area contributed by atoms with Crippen molar-refractivity contribution in [3.8, 4) is 5.69 Å². The van der Waals surface area contributed by atoms with Crippen molar-refractivity contribution in [2.24, 2.45) is 0 Å². The Bertz CT molecular complexity index is 1200. The average molecular weight is 401 g/mol. The molecule has 0 saturated carbocycles. The van der Waals surface area contributed by atoms with Gasteiger partial charge in [0.25, 0.3) is 0 Å². The van der Waals surface area contributed by atoms with Crippen molar-refractivity contribution >= 4 is 29.0 Å². The fourth-order valence-electron chi connectivity index (χ4n) is 2.79. The molecule has 0 atom stereocenters. The Morgan fingerprint density at radius 2 is 1.96 bits per heavy atom. The van der Waals surface area contributed by atoms with Gasteiger partial charge in [0.15, 0.2) is 5.16 Å². The van der Waals surface area contributed by atoms with Gasteiger partial charge in [-0.1, -0.05) is 41.6 Å². The van der Waals surface area contributed by atoms with E-state index in [9.17, 15) is 9.18 Å². The number of nitrogens with zero attached hydrogens (tertiary/aromatic N) is 4. The molecule has 4 rings (SSSR count). The number of thioether (sulfide) groups is 1. The van der Waals surface area contributed by atoms with Crippen molar-refractivity contribution < 1.29 is 4.39 Å². The highest BCUT2D eigenvalue weighted by atomic mass is 35.5.